The van der Waals surface area contributed by atoms with Crippen LogP contribution in [0, 0.1) is 6.92 Å². The first-order valence-electron chi connectivity index (χ1n) is 3.98. The topological polar surface area (TPSA) is 72.5 Å². The molecule has 0 aliphatic carbocycles. The van der Waals surface area contributed by atoms with Crippen molar-refractivity contribution in [3.63, 3.8) is 0 Å². The minimum absolute atomic E-state index is 0.691. The molecular formula is C8H11N5. The standard InChI is InChI=1S/C8H11N5/c1-5-7(6-3-10-11-4-6)12-13(2)8(5)9/h3-4H,9H2,1-2H3,(H,10,11). The number of aromatic nitrogens is 4. The molecule has 5 heteroatoms. The van der Waals surface area contributed by atoms with Gasteiger partial charge in [-0.25, -0.2) is 0 Å². The summed E-state index contributed by atoms with van der Waals surface area (Å²) in [6.45, 7) is 1.95. The van der Waals surface area contributed by atoms with Gasteiger partial charge in [-0.2, -0.15) is 10.2 Å². The summed E-state index contributed by atoms with van der Waals surface area (Å²) in [5, 5.41) is 10.9. The molecule has 0 aliphatic rings. The van der Waals surface area contributed by atoms with E-state index in [0.717, 1.165) is 16.8 Å². The molecule has 0 aromatic carbocycles. The Hall–Kier alpha value is -1.78. The van der Waals surface area contributed by atoms with Gasteiger partial charge in [-0.15, -0.1) is 0 Å². The van der Waals surface area contributed by atoms with Crippen molar-refractivity contribution in [1.29, 1.82) is 0 Å². The molecule has 2 heterocycles. The van der Waals surface area contributed by atoms with Gasteiger partial charge in [0, 0.05) is 24.4 Å². The Morgan fingerprint density at radius 2 is 2.31 bits per heavy atom. The third kappa shape index (κ3) is 1.09. The lowest BCUT2D eigenvalue weighted by Crippen LogP contribution is -1.97. The van der Waals surface area contributed by atoms with Crippen molar-refractivity contribution >= 4 is 5.82 Å². The molecule has 0 unspecified atom stereocenters. The summed E-state index contributed by atoms with van der Waals surface area (Å²) in [4.78, 5) is 0. The van der Waals surface area contributed by atoms with Crippen LogP contribution in [0.1, 0.15) is 5.56 Å². The third-order valence-corrected chi connectivity index (χ3v) is 2.11. The molecule has 2 aromatic rings. The van der Waals surface area contributed by atoms with Crippen LogP contribution in [0.4, 0.5) is 5.82 Å². The van der Waals surface area contributed by atoms with E-state index in [9.17, 15) is 0 Å². The highest BCUT2D eigenvalue weighted by Gasteiger charge is 2.11. The van der Waals surface area contributed by atoms with Crippen LogP contribution in [0.25, 0.3) is 11.3 Å². The van der Waals surface area contributed by atoms with Gasteiger partial charge >= 0.3 is 0 Å². The van der Waals surface area contributed by atoms with Crippen LogP contribution in [0.15, 0.2) is 12.4 Å². The number of nitrogens with one attached hydrogen (secondary N) is 1. The zero-order chi connectivity index (χ0) is 9.42. The number of aryl methyl sites for hydroxylation is 1. The van der Waals surface area contributed by atoms with Gasteiger partial charge in [-0.3, -0.25) is 9.78 Å². The summed E-state index contributed by atoms with van der Waals surface area (Å²) < 4.78 is 1.66. The van der Waals surface area contributed by atoms with Gasteiger partial charge in [-0.05, 0) is 6.92 Å². The van der Waals surface area contributed by atoms with Crippen LogP contribution < -0.4 is 5.73 Å². The smallest absolute Gasteiger partial charge is 0.124 e. The number of nitrogens with two attached hydrogens (primary N) is 1. The lowest BCUT2D eigenvalue weighted by atomic mass is 10.2. The molecule has 0 atom stereocenters. The van der Waals surface area contributed by atoms with Crippen molar-refractivity contribution in [3.05, 3.63) is 18.0 Å². The summed E-state index contributed by atoms with van der Waals surface area (Å²) in [6.07, 6.45) is 3.53. The van der Waals surface area contributed by atoms with E-state index < -0.39 is 0 Å². The maximum absolute atomic E-state index is 5.78. The minimum atomic E-state index is 0.691. The first kappa shape index (κ1) is 7.85. The maximum Gasteiger partial charge on any atom is 0.124 e. The van der Waals surface area contributed by atoms with E-state index in [0.29, 0.717) is 5.82 Å². The van der Waals surface area contributed by atoms with Crippen LogP contribution >= 0.6 is 0 Å². The Balaban J connectivity index is 2.59. The number of nitrogens with zero attached hydrogens (tertiary/aromatic N) is 3. The normalized spacial score (nSPS) is 10.6. The second-order valence-corrected chi connectivity index (χ2v) is 2.97. The van der Waals surface area contributed by atoms with Gasteiger partial charge in [-0.1, -0.05) is 0 Å². The molecule has 5 nitrogen and oxygen atoms in total. The van der Waals surface area contributed by atoms with E-state index in [2.05, 4.69) is 15.3 Å². The molecule has 0 bridgehead atoms. The second-order valence-electron chi connectivity index (χ2n) is 2.97. The number of hydrogen-bond acceptors (Lipinski definition) is 3. The molecule has 13 heavy (non-hydrogen) atoms. The highest BCUT2D eigenvalue weighted by atomic mass is 15.3. The van der Waals surface area contributed by atoms with Crippen molar-refractivity contribution in [2.24, 2.45) is 7.05 Å². The Kier molecular flexibility index (Phi) is 1.58. The van der Waals surface area contributed by atoms with Crippen LogP contribution in [0.2, 0.25) is 0 Å². The van der Waals surface area contributed by atoms with Gasteiger partial charge in [0.1, 0.15) is 11.5 Å². The zero-order valence-electron chi connectivity index (χ0n) is 7.57. The molecule has 3 N–H and O–H groups in total. The largest absolute Gasteiger partial charge is 0.384 e. The van der Waals surface area contributed by atoms with Crippen LogP contribution in [-0.2, 0) is 7.05 Å². The maximum atomic E-state index is 5.78. The van der Waals surface area contributed by atoms with Crippen molar-refractivity contribution in [2.75, 3.05) is 5.73 Å². The fraction of sp³-hybridized carbons (Fsp3) is 0.250. The molecule has 2 rings (SSSR count). The fourth-order valence-electron chi connectivity index (χ4n) is 1.30. The van der Waals surface area contributed by atoms with Crippen LogP contribution in [0.3, 0.4) is 0 Å². The van der Waals surface area contributed by atoms with Gasteiger partial charge < -0.3 is 5.73 Å². The second kappa shape index (κ2) is 2.62. The average Bonchev–Trinajstić information content (AvgIpc) is 2.70. The number of anilines is 1. The predicted octanol–water partition coefficient (Wildman–Crippen LogP) is 0.701. The quantitative estimate of drug-likeness (QED) is 0.673. The Labute approximate surface area is 75.6 Å². The lowest BCUT2D eigenvalue weighted by molar-refractivity contribution is 0.782. The van der Waals surface area contributed by atoms with Crippen molar-refractivity contribution in [2.45, 2.75) is 6.92 Å². The highest BCUT2D eigenvalue weighted by molar-refractivity contribution is 5.66. The number of rotatable bonds is 1. The molecule has 0 spiro atoms. The predicted molar refractivity (Wildman–Crippen MR) is 49.9 cm³/mol. The number of aromatic amines is 1. The minimum Gasteiger partial charge on any atom is -0.384 e. The van der Waals surface area contributed by atoms with Crippen molar-refractivity contribution < 1.29 is 0 Å². The lowest BCUT2D eigenvalue weighted by Gasteiger charge is -1.91. The molecule has 68 valence electrons. The van der Waals surface area contributed by atoms with Crippen LogP contribution in [-0.4, -0.2) is 20.0 Å². The van der Waals surface area contributed by atoms with Gasteiger partial charge in [0.05, 0.1) is 6.20 Å². The van der Waals surface area contributed by atoms with Gasteiger partial charge in [0.2, 0.25) is 0 Å². The third-order valence-electron chi connectivity index (χ3n) is 2.11. The summed E-state index contributed by atoms with van der Waals surface area (Å²) >= 11 is 0. The summed E-state index contributed by atoms with van der Waals surface area (Å²) in [6, 6.07) is 0. The SMILES string of the molecule is Cc1c(-c2cn[nH]c2)nn(C)c1N. The van der Waals surface area contributed by atoms with Gasteiger partial charge in [0.15, 0.2) is 0 Å². The Bertz CT molecular complexity index is 412. The number of nitrogen functional groups attached to an aromatic ring is 1. The van der Waals surface area contributed by atoms with E-state index in [4.69, 9.17) is 5.73 Å². The molecule has 0 radical (unpaired) electrons. The highest BCUT2D eigenvalue weighted by Crippen LogP contribution is 2.24. The average molecular weight is 177 g/mol. The fourth-order valence-corrected chi connectivity index (χ4v) is 1.30. The Morgan fingerprint density at radius 3 is 2.77 bits per heavy atom. The molecule has 0 aliphatic heterocycles. The number of H-pyrrole nitrogens is 1. The van der Waals surface area contributed by atoms with E-state index >= 15 is 0 Å². The van der Waals surface area contributed by atoms with E-state index in [1.165, 1.54) is 0 Å². The first-order chi connectivity index (χ1) is 6.20. The summed E-state index contributed by atoms with van der Waals surface area (Å²) in [7, 11) is 1.83. The monoisotopic (exact) mass is 177 g/mol. The van der Waals surface area contributed by atoms with Crippen LogP contribution in [0.5, 0.6) is 0 Å². The van der Waals surface area contributed by atoms with E-state index in [-0.39, 0.29) is 0 Å². The summed E-state index contributed by atoms with van der Waals surface area (Å²) in [5.41, 5.74) is 8.61. The number of hydrogen-bond donors (Lipinski definition) is 2. The molecule has 0 fully saturated rings. The van der Waals surface area contributed by atoms with Crippen molar-refractivity contribution in [1.82, 2.24) is 20.0 Å². The molecule has 0 saturated heterocycles. The first-order valence-corrected chi connectivity index (χ1v) is 3.98. The van der Waals surface area contributed by atoms with Crippen molar-refractivity contribution in [3.8, 4) is 11.3 Å². The van der Waals surface area contributed by atoms with E-state index in [1.807, 2.05) is 14.0 Å². The summed E-state index contributed by atoms with van der Waals surface area (Å²) in [5.74, 6) is 0.691. The molecule has 0 saturated carbocycles. The molecular weight excluding hydrogens is 166 g/mol. The van der Waals surface area contributed by atoms with E-state index in [1.54, 1.807) is 17.1 Å². The Morgan fingerprint density at radius 1 is 1.54 bits per heavy atom. The van der Waals surface area contributed by atoms with Gasteiger partial charge in [0.25, 0.3) is 0 Å². The zero-order valence-corrected chi connectivity index (χ0v) is 7.57. The molecule has 0 amide bonds. The molecule has 2 aromatic heterocycles.